The SMILES string of the molecule is CCC(=O)N1N=C(c2ccco2)CC1c1cn(-c2ccccc2)nc1-c1cccc(C)c1. The second kappa shape index (κ2) is 8.30. The van der Waals surface area contributed by atoms with Gasteiger partial charge < -0.3 is 4.42 Å². The Hall–Kier alpha value is -3.93. The van der Waals surface area contributed by atoms with Crippen LogP contribution in [-0.2, 0) is 4.79 Å². The van der Waals surface area contributed by atoms with Crippen LogP contribution in [0.3, 0.4) is 0 Å². The number of benzene rings is 2. The molecular weight excluding hydrogens is 400 g/mol. The van der Waals surface area contributed by atoms with Crippen molar-refractivity contribution in [2.45, 2.75) is 32.7 Å². The van der Waals surface area contributed by atoms with E-state index >= 15 is 0 Å². The van der Waals surface area contributed by atoms with Crippen LogP contribution in [0.5, 0.6) is 0 Å². The van der Waals surface area contributed by atoms with Gasteiger partial charge in [-0.05, 0) is 37.3 Å². The quantitative estimate of drug-likeness (QED) is 0.423. The van der Waals surface area contributed by atoms with Crippen LogP contribution in [0.4, 0.5) is 0 Å². The average molecular weight is 425 g/mol. The number of furan rings is 1. The number of hydrogen-bond donors (Lipinski definition) is 0. The lowest BCUT2D eigenvalue weighted by atomic mass is 9.97. The third-order valence-electron chi connectivity index (χ3n) is 5.69. The molecule has 5 rings (SSSR count). The van der Waals surface area contributed by atoms with E-state index in [1.807, 2.05) is 66.3 Å². The molecule has 160 valence electrons. The van der Waals surface area contributed by atoms with E-state index in [0.29, 0.717) is 18.6 Å². The normalized spacial score (nSPS) is 15.8. The van der Waals surface area contributed by atoms with Crippen molar-refractivity contribution in [1.82, 2.24) is 14.8 Å². The van der Waals surface area contributed by atoms with Crippen LogP contribution >= 0.6 is 0 Å². The maximum Gasteiger partial charge on any atom is 0.242 e. The van der Waals surface area contributed by atoms with Gasteiger partial charge in [0, 0.05) is 30.2 Å². The van der Waals surface area contributed by atoms with Gasteiger partial charge in [0.25, 0.3) is 0 Å². The van der Waals surface area contributed by atoms with E-state index in [0.717, 1.165) is 33.8 Å². The number of hydrogen-bond acceptors (Lipinski definition) is 4. The molecule has 0 saturated heterocycles. The first kappa shape index (κ1) is 20.0. The zero-order chi connectivity index (χ0) is 22.1. The number of carbonyl (C=O) groups is 1. The number of hydrazone groups is 1. The van der Waals surface area contributed by atoms with Gasteiger partial charge in [0.05, 0.1) is 23.7 Å². The van der Waals surface area contributed by atoms with Crippen molar-refractivity contribution in [3.8, 4) is 16.9 Å². The van der Waals surface area contributed by atoms with E-state index < -0.39 is 0 Å². The molecule has 1 atom stereocenters. The lowest BCUT2D eigenvalue weighted by Gasteiger charge is -2.21. The number of rotatable bonds is 5. The van der Waals surface area contributed by atoms with E-state index in [1.54, 1.807) is 11.3 Å². The molecular formula is C26H24N4O2. The number of carbonyl (C=O) groups excluding carboxylic acids is 1. The molecule has 32 heavy (non-hydrogen) atoms. The zero-order valence-electron chi connectivity index (χ0n) is 18.1. The fourth-order valence-electron chi connectivity index (χ4n) is 4.10. The molecule has 1 amide bonds. The van der Waals surface area contributed by atoms with Crippen LogP contribution in [0.2, 0.25) is 0 Å². The summed E-state index contributed by atoms with van der Waals surface area (Å²) in [7, 11) is 0. The molecule has 2 aromatic heterocycles. The number of aromatic nitrogens is 2. The number of amides is 1. The zero-order valence-corrected chi connectivity index (χ0v) is 18.1. The molecule has 0 aliphatic carbocycles. The van der Waals surface area contributed by atoms with E-state index in [9.17, 15) is 4.79 Å². The first-order valence-corrected chi connectivity index (χ1v) is 10.8. The minimum absolute atomic E-state index is 0.0285. The van der Waals surface area contributed by atoms with Gasteiger partial charge >= 0.3 is 0 Å². The third kappa shape index (κ3) is 3.64. The van der Waals surface area contributed by atoms with E-state index in [2.05, 4.69) is 30.2 Å². The molecule has 1 aliphatic heterocycles. The molecule has 6 nitrogen and oxygen atoms in total. The molecule has 3 heterocycles. The second-order valence-electron chi connectivity index (χ2n) is 7.92. The Kier molecular flexibility index (Phi) is 5.19. The summed E-state index contributed by atoms with van der Waals surface area (Å²) in [5.74, 6) is 0.660. The summed E-state index contributed by atoms with van der Waals surface area (Å²) < 4.78 is 7.46. The summed E-state index contributed by atoms with van der Waals surface area (Å²) >= 11 is 0. The topological polar surface area (TPSA) is 63.6 Å². The monoisotopic (exact) mass is 424 g/mol. The summed E-state index contributed by atoms with van der Waals surface area (Å²) in [5, 5.41) is 11.2. The minimum Gasteiger partial charge on any atom is -0.463 e. The standard InChI is InChI=1S/C26H24N4O2/c1-3-25(31)30-23(16-22(27-30)24-13-8-14-32-24)21-17-29(20-11-5-4-6-12-20)28-26(21)19-10-7-9-18(2)15-19/h4-15,17,23H,3,16H2,1-2H3. The molecule has 0 N–H and O–H groups in total. The van der Waals surface area contributed by atoms with Crippen molar-refractivity contribution in [2.24, 2.45) is 5.10 Å². The first-order valence-electron chi connectivity index (χ1n) is 10.8. The molecule has 0 spiro atoms. The fraction of sp³-hybridized carbons (Fsp3) is 0.192. The predicted octanol–water partition coefficient (Wildman–Crippen LogP) is 5.53. The largest absolute Gasteiger partial charge is 0.463 e. The Balaban J connectivity index is 1.64. The lowest BCUT2D eigenvalue weighted by molar-refractivity contribution is -0.132. The number of aryl methyl sites for hydroxylation is 1. The summed E-state index contributed by atoms with van der Waals surface area (Å²) in [5.41, 5.74) is 5.72. The van der Waals surface area contributed by atoms with Crippen molar-refractivity contribution in [1.29, 1.82) is 0 Å². The van der Waals surface area contributed by atoms with Crippen molar-refractivity contribution in [3.05, 3.63) is 96.1 Å². The van der Waals surface area contributed by atoms with Gasteiger partial charge in [-0.3, -0.25) is 4.79 Å². The molecule has 0 saturated carbocycles. The highest BCUT2D eigenvalue weighted by Gasteiger charge is 2.36. The molecule has 0 radical (unpaired) electrons. The highest BCUT2D eigenvalue weighted by atomic mass is 16.3. The van der Waals surface area contributed by atoms with Gasteiger partial charge in [-0.1, -0.05) is 48.9 Å². The summed E-state index contributed by atoms with van der Waals surface area (Å²) in [4.78, 5) is 12.9. The first-order chi connectivity index (χ1) is 15.6. The van der Waals surface area contributed by atoms with Crippen molar-refractivity contribution < 1.29 is 9.21 Å². The van der Waals surface area contributed by atoms with Gasteiger partial charge in [-0.15, -0.1) is 0 Å². The maximum atomic E-state index is 12.9. The molecule has 1 unspecified atom stereocenters. The van der Waals surface area contributed by atoms with Crippen LogP contribution in [-0.4, -0.2) is 26.4 Å². The molecule has 0 bridgehead atoms. The van der Waals surface area contributed by atoms with Crippen LogP contribution in [0.1, 0.15) is 42.7 Å². The summed E-state index contributed by atoms with van der Waals surface area (Å²) in [6.07, 6.45) is 4.59. The van der Waals surface area contributed by atoms with E-state index in [4.69, 9.17) is 9.52 Å². The van der Waals surface area contributed by atoms with Crippen LogP contribution < -0.4 is 0 Å². The molecule has 6 heteroatoms. The number of nitrogens with zero attached hydrogens (tertiary/aromatic N) is 4. The highest BCUT2D eigenvalue weighted by molar-refractivity contribution is 6.01. The Bertz CT molecular complexity index is 1270. The molecule has 2 aromatic carbocycles. The second-order valence-corrected chi connectivity index (χ2v) is 7.92. The van der Waals surface area contributed by atoms with Gasteiger partial charge in [0.1, 0.15) is 11.5 Å². The molecule has 1 aliphatic rings. The van der Waals surface area contributed by atoms with Gasteiger partial charge in [-0.25, -0.2) is 9.69 Å². The summed E-state index contributed by atoms with van der Waals surface area (Å²) in [6, 6.07) is 21.7. The van der Waals surface area contributed by atoms with Crippen LogP contribution in [0.25, 0.3) is 16.9 Å². The smallest absolute Gasteiger partial charge is 0.242 e. The maximum absolute atomic E-state index is 12.9. The van der Waals surface area contributed by atoms with Crippen molar-refractivity contribution in [3.63, 3.8) is 0 Å². The Labute approximate surface area is 186 Å². The average Bonchev–Trinajstić information content (AvgIpc) is 3.58. The van der Waals surface area contributed by atoms with Crippen LogP contribution in [0.15, 0.2) is 88.7 Å². The lowest BCUT2D eigenvalue weighted by Crippen LogP contribution is -2.26. The van der Waals surface area contributed by atoms with E-state index in [1.165, 1.54) is 0 Å². The highest BCUT2D eigenvalue weighted by Crippen LogP contribution is 2.38. The summed E-state index contributed by atoms with van der Waals surface area (Å²) in [6.45, 7) is 3.92. The molecule has 4 aromatic rings. The van der Waals surface area contributed by atoms with E-state index in [-0.39, 0.29) is 11.9 Å². The van der Waals surface area contributed by atoms with Gasteiger partial charge in [-0.2, -0.15) is 10.2 Å². The van der Waals surface area contributed by atoms with Crippen LogP contribution in [0, 0.1) is 6.92 Å². The van der Waals surface area contributed by atoms with Crippen molar-refractivity contribution in [2.75, 3.05) is 0 Å². The minimum atomic E-state index is -0.254. The molecule has 0 fully saturated rings. The van der Waals surface area contributed by atoms with Crippen molar-refractivity contribution >= 4 is 11.6 Å². The Morgan fingerprint density at radius 3 is 2.66 bits per heavy atom. The van der Waals surface area contributed by atoms with Gasteiger partial charge in [0.2, 0.25) is 5.91 Å². The third-order valence-corrected chi connectivity index (χ3v) is 5.69. The Morgan fingerprint density at radius 2 is 1.94 bits per heavy atom. The van der Waals surface area contributed by atoms with Gasteiger partial charge in [0.15, 0.2) is 0 Å². The number of para-hydroxylation sites is 1. The predicted molar refractivity (Wildman–Crippen MR) is 123 cm³/mol. The Morgan fingerprint density at radius 1 is 1.09 bits per heavy atom. The fourth-order valence-corrected chi connectivity index (χ4v) is 4.10.